The first-order valence-electron chi connectivity index (χ1n) is 6.77. The number of aliphatic carboxylic acids is 1. The number of aromatic nitrogens is 2. The van der Waals surface area contributed by atoms with E-state index in [1.54, 1.807) is 0 Å². The number of nitrogens with zero attached hydrogens (tertiary/aromatic N) is 2. The number of hydrogen-bond donors (Lipinski definition) is 1. The fourth-order valence-electron chi connectivity index (χ4n) is 2.19. The van der Waals surface area contributed by atoms with Crippen molar-refractivity contribution in [2.24, 2.45) is 5.92 Å². The van der Waals surface area contributed by atoms with E-state index >= 15 is 0 Å². The Morgan fingerprint density at radius 3 is 2.84 bits per heavy atom. The van der Waals surface area contributed by atoms with Crippen molar-refractivity contribution in [3.05, 3.63) is 30.1 Å². The summed E-state index contributed by atoms with van der Waals surface area (Å²) in [6, 6.07) is 7.91. The first-order valence-corrected chi connectivity index (χ1v) is 6.77. The highest BCUT2D eigenvalue weighted by atomic mass is 16.4. The quantitative estimate of drug-likeness (QED) is 0.868. The second kappa shape index (κ2) is 5.87. The van der Waals surface area contributed by atoms with E-state index in [0.717, 1.165) is 29.7 Å². The Bertz CT molecular complexity index is 575. The summed E-state index contributed by atoms with van der Waals surface area (Å²) in [4.78, 5) is 15.4. The molecule has 1 aromatic heterocycles. The van der Waals surface area contributed by atoms with Crippen LogP contribution in [0.15, 0.2) is 24.3 Å². The molecule has 4 nitrogen and oxygen atoms in total. The lowest BCUT2D eigenvalue weighted by Crippen LogP contribution is -2.10. The number of rotatable bonds is 6. The van der Waals surface area contributed by atoms with Crippen LogP contribution < -0.4 is 0 Å². The van der Waals surface area contributed by atoms with E-state index in [-0.39, 0.29) is 6.42 Å². The molecule has 0 bridgehead atoms. The molecule has 1 heterocycles. The highest BCUT2D eigenvalue weighted by molar-refractivity contribution is 5.76. The summed E-state index contributed by atoms with van der Waals surface area (Å²) in [5.41, 5.74) is 1.98. The molecule has 0 aliphatic heterocycles. The maximum atomic E-state index is 10.8. The Kier molecular flexibility index (Phi) is 4.20. The van der Waals surface area contributed by atoms with E-state index in [4.69, 9.17) is 5.11 Å². The number of carboxylic acids is 1. The molecule has 2 aromatic rings. The van der Waals surface area contributed by atoms with Crippen LogP contribution in [0, 0.1) is 5.92 Å². The SMILES string of the molecule is CCC(C)Cc1nc2ccccc2n1CCC(=O)O. The van der Waals surface area contributed by atoms with Crippen molar-refractivity contribution < 1.29 is 9.90 Å². The summed E-state index contributed by atoms with van der Waals surface area (Å²) >= 11 is 0. The average Bonchev–Trinajstić information content (AvgIpc) is 2.73. The number of hydrogen-bond acceptors (Lipinski definition) is 2. The largest absolute Gasteiger partial charge is 0.481 e. The van der Waals surface area contributed by atoms with E-state index in [0.29, 0.717) is 12.5 Å². The zero-order valence-electron chi connectivity index (χ0n) is 11.5. The van der Waals surface area contributed by atoms with Crippen LogP contribution in [0.4, 0.5) is 0 Å². The molecule has 0 radical (unpaired) electrons. The second-order valence-corrected chi connectivity index (χ2v) is 5.03. The van der Waals surface area contributed by atoms with Crippen molar-refractivity contribution >= 4 is 17.0 Å². The van der Waals surface area contributed by atoms with Crippen LogP contribution in [-0.4, -0.2) is 20.6 Å². The average molecular weight is 260 g/mol. The summed E-state index contributed by atoms with van der Waals surface area (Å²) in [6.07, 6.45) is 2.13. The van der Waals surface area contributed by atoms with Gasteiger partial charge in [-0.3, -0.25) is 4.79 Å². The molecular formula is C15H20N2O2. The van der Waals surface area contributed by atoms with Gasteiger partial charge >= 0.3 is 5.97 Å². The van der Waals surface area contributed by atoms with Gasteiger partial charge in [-0.05, 0) is 18.1 Å². The Morgan fingerprint density at radius 1 is 1.42 bits per heavy atom. The smallest absolute Gasteiger partial charge is 0.305 e. The fraction of sp³-hybridized carbons (Fsp3) is 0.467. The Balaban J connectivity index is 2.36. The van der Waals surface area contributed by atoms with Gasteiger partial charge in [0.05, 0.1) is 17.5 Å². The van der Waals surface area contributed by atoms with E-state index < -0.39 is 5.97 Å². The predicted molar refractivity (Wildman–Crippen MR) is 75.1 cm³/mol. The van der Waals surface area contributed by atoms with E-state index in [2.05, 4.69) is 23.4 Å². The molecule has 0 aliphatic carbocycles. The van der Waals surface area contributed by atoms with Crippen molar-refractivity contribution in [3.63, 3.8) is 0 Å². The number of carbonyl (C=O) groups is 1. The number of para-hydroxylation sites is 2. The highest BCUT2D eigenvalue weighted by Crippen LogP contribution is 2.19. The van der Waals surface area contributed by atoms with Gasteiger partial charge < -0.3 is 9.67 Å². The van der Waals surface area contributed by atoms with Gasteiger partial charge in [0.1, 0.15) is 5.82 Å². The van der Waals surface area contributed by atoms with Crippen molar-refractivity contribution in [1.29, 1.82) is 0 Å². The zero-order valence-corrected chi connectivity index (χ0v) is 11.5. The number of aryl methyl sites for hydroxylation is 1. The van der Waals surface area contributed by atoms with Crippen LogP contribution in [0.25, 0.3) is 11.0 Å². The molecule has 1 N–H and O–H groups in total. The van der Waals surface area contributed by atoms with Crippen LogP contribution in [0.2, 0.25) is 0 Å². The zero-order chi connectivity index (χ0) is 13.8. The van der Waals surface area contributed by atoms with Crippen molar-refractivity contribution in [1.82, 2.24) is 9.55 Å². The third-order valence-electron chi connectivity index (χ3n) is 3.51. The molecule has 4 heteroatoms. The van der Waals surface area contributed by atoms with Crippen LogP contribution in [0.3, 0.4) is 0 Å². The Labute approximate surface area is 113 Å². The molecule has 0 amide bonds. The molecule has 0 aliphatic rings. The summed E-state index contributed by atoms with van der Waals surface area (Å²) < 4.78 is 2.05. The van der Waals surface area contributed by atoms with Crippen LogP contribution in [-0.2, 0) is 17.8 Å². The Hall–Kier alpha value is -1.84. The van der Waals surface area contributed by atoms with Crippen LogP contribution >= 0.6 is 0 Å². The molecule has 0 spiro atoms. The third-order valence-corrected chi connectivity index (χ3v) is 3.51. The van der Waals surface area contributed by atoms with Gasteiger partial charge in [-0.15, -0.1) is 0 Å². The predicted octanol–water partition coefficient (Wildman–Crippen LogP) is 3.10. The number of carboxylic acid groups (broad SMARTS) is 1. The normalized spacial score (nSPS) is 12.7. The van der Waals surface area contributed by atoms with Crippen LogP contribution in [0.5, 0.6) is 0 Å². The lowest BCUT2D eigenvalue weighted by Gasteiger charge is -2.11. The molecule has 1 atom stereocenters. The Morgan fingerprint density at radius 2 is 2.16 bits per heavy atom. The third kappa shape index (κ3) is 3.13. The van der Waals surface area contributed by atoms with Gasteiger partial charge in [-0.25, -0.2) is 4.98 Å². The van der Waals surface area contributed by atoms with Crippen LogP contribution in [0.1, 0.15) is 32.5 Å². The first-order chi connectivity index (χ1) is 9.11. The van der Waals surface area contributed by atoms with Crippen molar-refractivity contribution in [3.8, 4) is 0 Å². The van der Waals surface area contributed by atoms with Gasteiger partial charge in [0.2, 0.25) is 0 Å². The summed E-state index contributed by atoms with van der Waals surface area (Å²) in [6.45, 7) is 4.84. The van der Waals surface area contributed by atoms with Crippen molar-refractivity contribution in [2.45, 2.75) is 39.7 Å². The topological polar surface area (TPSA) is 55.1 Å². The minimum atomic E-state index is -0.771. The first kappa shape index (κ1) is 13.6. The summed E-state index contributed by atoms with van der Waals surface area (Å²) in [5.74, 6) is 0.782. The summed E-state index contributed by atoms with van der Waals surface area (Å²) in [5, 5.41) is 8.87. The van der Waals surface area contributed by atoms with E-state index in [1.807, 2.05) is 24.3 Å². The van der Waals surface area contributed by atoms with E-state index in [1.165, 1.54) is 0 Å². The molecule has 1 unspecified atom stereocenters. The second-order valence-electron chi connectivity index (χ2n) is 5.03. The summed E-state index contributed by atoms with van der Waals surface area (Å²) in [7, 11) is 0. The lowest BCUT2D eigenvalue weighted by molar-refractivity contribution is -0.137. The molecule has 102 valence electrons. The molecule has 1 aromatic carbocycles. The number of imidazole rings is 1. The van der Waals surface area contributed by atoms with Gasteiger partial charge in [0.25, 0.3) is 0 Å². The van der Waals surface area contributed by atoms with Crippen molar-refractivity contribution in [2.75, 3.05) is 0 Å². The molecule has 0 fully saturated rings. The number of fused-ring (bicyclic) bond motifs is 1. The molecule has 2 rings (SSSR count). The highest BCUT2D eigenvalue weighted by Gasteiger charge is 2.13. The lowest BCUT2D eigenvalue weighted by atomic mass is 10.1. The number of benzene rings is 1. The maximum absolute atomic E-state index is 10.8. The van der Waals surface area contributed by atoms with E-state index in [9.17, 15) is 4.79 Å². The monoisotopic (exact) mass is 260 g/mol. The fourth-order valence-corrected chi connectivity index (χ4v) is 2.19. The molecule has 0 saturated carbocycles. The standard InChI is InChI=1S/C15H20N2O2/c1-3-11(2)10-14-16-12-6-4-5-7-13(12)17(14)9-8-15(18)19/h4-7,11H,3,8-10H2,1-2H3,(H,18,19). The molecular weight excluding hydrogens is 240 g/mol. The minimum absolute atomic E-state index is 0.133. The van der Waals surface area contributed by atoms with Gasteiger partial charge in [0.15, 0.2) is 0 Å². The molecule has 0 saturated heterocycles. The molecule has 19 heavy (non-hydrogen) atoms. The van der Waals surface area contributed by atoms with Gasteiger partial charge in [-0.1, -0.05) is 32.4 Å². The minimum Gasteiger partial charge on any atom is -0.481 e. The maximum Gasteiger partial charge on any atom is 0.305 e. The van der Waals surface area contributed by atoms with Gasteiger partial charge in [-0.2, -0.15) is 0 Å². The van der Waals surface area contributed by atoms with Gasteiger partial charge in [0, 0.05) is 13.0 Å².